The van der Waals surface area contributed by atoms with Crippen LogP contribution in [0.15, 0.2) is 82.5 Å². The lowest BCUT2D eigenvalue weighted by Crippen LogP contribution is -2.31. The van der Waals surface area contributed by atoms with Crippen molar-refractivity contribution >= 4 is 39.9 Å². The number of amides is 1. The molecule has 5 rings (SSSR count). The molecule has 7 nitrogen and oxygen atoms in total. The second kappa shape index (κ2) is 9.14. The lowest BCUT2D eigenvalue weighted by Gasteiger charge is -2.27. The van der Waals surface area contributed by atoms with Crippen molar-refractivity contribution in [2.45, 2.75) is 12.2 Å². The molecule has 0 fully saturated rings. The van der Waals surface area contributed by atoms with E-state index in [4.69, 9.17) is 20.8 Å². The first kappa shape index (κ1) is 25.2. The van der Waals surface area contributed by atoms with Gasteiger partial charge in [0.15, 0.2) is 22.9 Å². The minimum Gasteiger partial charge on any atom is -0.508 e. The molecule has 0 radical (unpaired) electrons. The first-order chi connectivity index (χ1) is 18.0. The summed E-state index contributed by atoms with van der Waals surface area (Å²) >= 11 is 6.10. The normalized spacial score (nSPS) is 16.0. The number of phenolic OH excluding ortho intramolecular Hbond substituents is 1. The van der Waals surface area contributed by atoms with Crippen molar-refractivity contribution in [1.82, 2.24) is 0 Å². The zero-order valence-corrected chi connectivity index (χ0v) is 20.2. The number of fused-ring (bicyclic) bond motifs is 1. The van der Waals surface area contributed by atoms with Gasteiger partial charge >= 0.3 is 6.18 Å². The van der Waals surface area contributed by atoms with Gasteiger partial charge in [-0.05, 0) is 54.1 Å². The Bertz CT molecular complexity index is 1620. The molecule has 0 saturated carbocycles. The summed E-state index contributed by atoms with van der Waals surface area (Å²) in [7, 11) is 1.39. The number of rotatable bonds is 5. The largest absolute Gasteiger partial charge is 0.508 e. The molecule has 1 aliphatic rings. The number of aliphatic hydroxyl groups is 1. The highest BCUT2D eigenvalue weighted by Gasteiger charge is 2.45. The molecule has 38 heavy (non-hydrogen) atoms. The predicted octanol–water partition coefficient (Wildman–Crippen LogP) is 6.60. The Kier molecular flexibility index (Phi) is 6.07. The summed E-state index contributed by atoms with van der Waals surface area (Å²) in [6, 6.07) is 12.4. The van der Waals surface area contributed by atoms with Gasteiger partial charge in [0, 0.05) is 22.2 Å². The Morgan fingerprint density at radius 2 is 1.76 bits per heavy atom. The first-order valence-corrected chi connectivity index (χ1v) is 11.4. The quantitative estimate of drug-likeness (QED) is 0.275. The number of benzene rings is 3. The summed E-state index contributed by atoms with van der Waals surface area (Å²) in [4.78, 5) is 27.9. The van der Waals surface area contributed by atoms with Crippen LogP contribution in [0, 0.1) is 0 Å². The molecule has 1 atom stereocenters. The number of alkyl halides is 3. The molecule has 1 unspecified atom stereocenters. The molecule has 3 aromatic carbocycles. The maximum atomic E-state index is 13.7. The monoisotopic (exact) mass is 543 g/mol. The van der Waals surface area contributed by atoms with Crippen LogP contribution in [-0.4, -0.2) is 29.0 Å². The molecule has 0 saturated heterocycles. The molecule has 1 amide bonds. The fraction of sp³-hybridized carbons (Fsp3) is 0.111. The van der Waals surface area contributed by atoms with E-state index < -0.39 is 35.2 Å². The summed E-state index contributed by atoms with van der Waals surface area (Å²) in [6.07, 6.45) is -4.61. The molecule has 194 valence electrons. The number of phenols is 1. The molecule has 2 N–H and O–H groups in total. The van der Waals surface area contributed by atoms with Crippen LogP contribution in [0.25, 0.3) is 11.0 Å². The van der Waals surface area contributed by atoms with Crippen molar-refractivity contribution in [1.29, 1.82) is 0 Å². The minimum absolute atomic E-state index is 0.0104. The molecule has 2 heterocycles. The van der Waals surface area contributed by atoms with Crippen molar-refractivity contribution in [3.05, 3.63) is 100.0 Å². The second-order valence-electron chi connectivity index (χ2n) is 8.45. The number of ether oxygens (including phenoxy) is 1. The number of carbonyl (C=O) groups is 2. The number of anilines is 1. The molecule has 11 heteroatoms. The number of methoxy groups -OCH3 is 1. The van der Waals surface area contributed by atoms with E-state index in [1.54, 1.807) is 0 Å². The molecule has 1 aliphatic heterocycles. The van der Waals surface area contributed by atoms with Crippen LogP contribution in [0.3, 0.4) is 0 Å². The van der Waals surface area contributed by atoms with E-state index in [9.17, 15) is 33.0 Å². The van der Waals surface area contributed by atoms with Crippen LogP contribution in [0.4, 0.5) is 18.9 Å². The zero-order chi connectivity index (χ0) is 27.4. The van der Waals surface area contributed by atoms with Gasteiger partial charge in [-0.1, -0.05) is 23.7 Å². The number of halogens is 4. The van der Waals surface area contributed by atoms with Crippen molar-refractivity contribution in [2.75, 3.05) is 12.0 Å². The Morgan fingerprint density at radius 1 is 1.05 bits per heavy atom. The highest BCUT2D eigenvalue weighted by Crippen LogP contribution is 2.44. The third kappa shape index (κ3) is 4.22. The average molecular weight is 544 g/mol. The average Bonchev–Trinajstić information content (AvgIpc) is 3.41. The summed E-state index contributed by atoms with van der Waals surface area (Å²) in [6.45, 7) is 0. The van der Waals surface area contributed by atoms with Gasteiger partial charge in [0.1, 0.15) is 5.75 Å². The van der Waals surface area contributed by atoms with Crippen LogP contribution in [0.2, 0.25) is 5.02 Å². The molecule has 0 aliphatic carbocycles. The van der Waals surface area contributed by atoms with E-state index >= 15 is 0 Å². The zero-order valence-electron chi connectivity index (χ0n) is 19.4. The van der Waals surface area contributed by atoms with Gasteiger partial charge in [-0.3, -0.25) is 14.5 Å². The topological polar surface area (TPSA) is 100 Å². The highest BCUT2D eigenvalue weighted by atomic mass is 35.5. The molecule has 4 aromatic rings. The maximum Gasteiger partial charge on any atom is 0.416 e. The van der Waals surface area contributed by atoms with Crippen LogP contribution >= 0.6 is 11.6 Å². The summed E-state index contributed by atoms with van der Waals surface area (Å²) in [5, 5.41) is 21.7. The highest BCUT2D eigenvalue weighted by molar-refractivity contribution is 6.31. The fourth-order valence-corrected chi connectivity index (χ4v) is 4.62. The lowest BCUT2D eigenvalue weighted by atomic mass is 9.94. The van der Waals surface area contributed by atoms with Crippen molar-refractivity contribution in [3.63, 3.8) is 0 Å². The number of nitrogens with zero attached hydrogens (tertiary/aromatic N) is 1. The van der Waals surface area contributed by atoms with E-state index in [0.717, 1.165) is 29.2 Å². The number of aliphatic hydroxyl groups excluding tert-OH is 1. The second-order valence-corrected chi connectivity index (χ2v) is 8.88. The van der Waals surface area contributed by atoms with E-state index in [1.165, 1.54) is 49.6 Å². The van der Waals surface area contributed by atoms with E-state index in [2.05, 4.69) is 0 Å². The molecule has 0 bridgehead atoms. The van der Waals surface area contributed by atoms with Gasteiger partial charge in [-0.2, -0.15) is 13.2 Å². The van der Waals surface area contributed by atoms with E-state index in [0.29, 0.717) is 10.4 Å². The van der Waals surface area contributed by atoms with Gasteiger partial charge in [0.25, 0.3) is 5.91 Å². The number of hydrogen-bond donors (Lipinski definition) is 2. The standard InChI is InChI=1S/C27H17ClF3NO6/c1-37-20-12-16(28)9-14-11-19(38-25(14)20)23(34)21-22(13-3-2-4-18(33)10-13)32(26(36)24(21)35)17-7-5-15(6-8-17)27(29,30)31/h2-12,22,33,35H,1H3. The third-order valence-electron chi connectivity index (χ3n) is 6.10. The molecule has 1 aromatic heterocycles. The Hall–Kier alpha value is -4.44. The third-order valence-corrected chi connectivity index (χ3v) is 6.32. The summed E-state index contributed by atoms with van der Waals surface area (Å²) in [5.41, 5.74) is -0.904. The smallest absolute Gasteiger partial charge is 0.416 e. The minimum atomic E-state index is -4.61. The number of furan rings is 1. The molecule has 0 spiro atoms. The first-order valence-electron chi connectivity index (χ1n) is 11.0. The van der Waals surface area contributed by atoms with Crippen LogP contribution < -0.4 is 9.64 Å². The van der Waals surface area contributed by atoms with Crippen LogP contribution in [0.1, 0.15) is 27.7 Å². The molecular weight excluding hydrogens is 527 g/mol. The van der Waals surface area contributed by atoms with Gasteiger partial charge in [0.05, 0.1) is 24.3 Å². The summed E-state index contributed by atoms with van der Waals surface area (Å²) < 4.78 is 50.3. The maximum absolute atomic E-state index is 13.7. The van der Waals surface area contributed by atoms with Crippen LogP contribution in [-0.2, 0) is 11.0 Å². The Balaban J connectivity index is 1.64. The number of hydrogen-bond acceptors (Lipinski definition) is 6. The molecular formula is C27H17ClF3NO6. The van der Waals surface area contributed by atoms with Gasteiger partial charge in [-0.25, -0.2) is 0 Å². The SMILES string of the molecule is COc1cc(Cl)cc2cc(C(=O)C3=C(O)C(=O)N(c4ccc(C(F)(F)F)cc4)C3c3cccc(O)c3)oc12. The van der Waals surface area contributed by atoms with Gasteiger partial charge in [-0.15, -0.1) is 0 Å². The number of aromatic hydroxyl groups is 1. The van der Waals surface area contributed by atoms with Crippen molar-refractivity contribution < 1.29 is 42.1 Å². The predicted molar refractivity (Wildman–Crippen MR) is 132 cm³/mol. The lowest BCUT2D eigenvalue weighted by molar-refractivity contribution is -0.137. The summed E-state index contributed by atoms with van der Waals surface area (Å²) in [5.74, 6) is -2.96. The van der Waals surface area contributed by atoms with Crippen molar-refractivity contribution in [3.8, 4) is 11.5 Å². The Morgan fingerprint density at radius 3 is 2.39 bits per heavy atom. The van der Waals surface area contributed by atoms with E-state index in [1.807, 2.05) is 0 Å². The number of carbonyl (C=O) groups excluding carboxylic acids is 2. The van der Waals surface area contributed by atoms with Gasteiger partial charge in [0.2, 0.25) is 5.78 Å². The van der Waals surface area contributed by atoms with Crippen LogP contribution in [0.5, 0.6) is 11.5 Å². The number of ketones is 1. The van der Waals surface area contributed by atoms with E-state index in [-0.39, 0.29) is 39.7 Å². The number of Topliss-reactive ketones (excluding diaryl/α,β-unsaturated/α-hetero) is 1. The Labute approximate surface area is 217 Å². The van der Waals surface area contributed by atoms with Crippen molar-refractivity contribution in [2.24, 2.45) is 0 Å². The fourth-order valence-electron chi connectivity index (χ4n) is 4.41. The van der Waals surface area contributed by atoms with Gasteiger partial charge < -0.3 is 19.4 Å².